The number of carbonyl (C=O) groups is 1. The SMILES string of the molecule is O=C(NNc1ncnc2c1cnn2-c1ccc(Cl)cc1)c1cccnc1. The Kier molecular flexibility index (Phi) is 4.16. The number of pyridine rings is 1. The minimum atomic E-state index is -0.324. The smallest absolute Gasteiger partial charge is 0.271 e. The van der Waals surface area contributed by atoms with E-state index in [4.69, 9.17) is 11.6 Å². The molecule has 0 saturated heterocycles. The Morgan fingerprint density at radius 3 is 2.69 bits per heavy atom. The highest BCUT2D eigenvalue weighted by Crippen LogP contribution is 2.22. The molecule has 0 aliphatic heterocycles. The van der Waals surface area contributed by atoms with E-state index in [2.05, 4.69) is 30.9 Å². The summed E-state index contributed by atoms with van der Waals surface area (Å²) in [6.45, 7) is 0. The van der Waals surface area contributed by atoms with Gasteiger partial charge in [0.05, 0.1) is 22.8 Å². The zero-order valence-corrected chi connectivity index (χ0v) is 14.1. The maximum Gasteiger partial charge on any atom is 0.271 e. The zero-order valence-electron chi connectivity index (χ0n) is 13.3. The van der Waals surface area contributed by atoms with Crippen LogP contribution in [0.5, 0.6) is 0 Å². The molecule has 1 aromatic carbocycles. The number of hydrogen-bond acceptors (Lipinski definition) is 6. The van der Waals surface area contributed by atoms with Gasteiger partial charge in [-0.1, -0.05) is 11.6 Å². The summed E-state index contributed by atoms with van der Waals surface area (Å²) in [7, 11) is 0. The number of hydrogen-bond donors (Lipinski definition) is 2. The van der Waals surface area contributed by atoms with Crippen LogP contribution in [0, 0.1) is 0 Å². The average Bonchev–Trinajstić information content (AvgIpc) is 3.12. The summed E-state index contributed by atoms with van der Waals surface area (Å²) < 4.78 is 1.67. The molecule has 0 fully saturated rings. The molecule has 4 aromatic rings. The third-order valence-corrected chi connectivity index (χ3v) is 3.91. The second kappa shape index (κ2) is 6.77. The first-order valence-corrected chi connectivity index (χ1v) is 8.01. The van der Waals surface area contributed by atoms with Crippen LogP contribution in [-0.2, 0) is 0 Å². The number of nitrogens with one attached hydrogen (secondary N) is 2. The second-order valence-electron chi connectivity index (χ2n) is 5.31. The Morgan fingerprint density at radius 1 is 1.08 bits per heavy atom. The third-order valence-electron chi connectivity index (χ3n) is 3.66. The lowest BCUT2D eigenvalue weighted by Crippen LogP contribution is -2.30. The van der Waals surface area contributed by atoms with Crippen LogP contribution < -0.4 is 10.9 Å². The summed E-state index contributed by atoms with van der Waals surface area (Å²) in [5, 5.41) is 5.65. The highest BCUT2D eigenvalue weighted by molar-refractivity contribution is 6.30. The van der Waals surface area contributed by atoms with Crippen molar-refractivity contribution in [3.8, 4) is 5.69 Å². The molecule has 4 rings (SSSR count). The molecule has 0 atom stereocenters. The van der Waals surface area contributed by atoms with Crippen LogP contribution in [0.2, 0.25) is 5.02 Å². The molecule has 9 heteroatoms. The Bertz CT molecular complexity index is 1060. The van der Waals surface area contributed by atoms with Crippen molar-refractivity contribution in [1.29, 1.82) is 0 Å². The maximum atomic E-state index is 12.1. The molecule has 0 aliphatic carbocycles. The number of fused-ring (bicyclic) bond motifs is 1. The number of nitrogens with zero attached hydrogens (tertiary/aromatic N) is 5. The minimum absolute atomic E-state index is 0.324. The fourth-order valence-electron chi connectivity index (χ4n) is 2.40. The minimum Gasteiger partial charge on any atom is -0.281 e. The molecule has 1 amide bonds. The number of rotatable bonds is 4. The number of amides is 1. The summed E-state index contributed by atoms with van der Waals surface area (Å²) in [6.07, 6.45) is 6.10. The molecule has 128 valence electrons. The predicted octanol–water partition coefficient (Wildman–Crippen LogP) is 2.62. The van der Waals surface area contributed by atoms with Crippen molar-refractivity contribution in [3.05, 3.63) is 71.9 Å². The Labute approximate surface area is 152 Å². The summed E-state index contributed by atoms with van der Waals surface area (Å²) in [5.74, 6) is 0.113. The van der Waals surface area contributed by atoms with E-state index in [0.717, 1.165) is 5.69 Å². The molecule has 26 heavy (non-hydrogen) atoms. The highest BCUT2D eigenvalue weighted by Gasteiger charge is 2.12. The van der Waals surface area contributed by atoms with Gasteiger partial charge in [-0.05, 0) is 36.4 Å². The number of anilines is 1. The Balaban J connectivity index is 1.61. The van der Waals surface area contributed by atoms with E-state index >= 15 is 0 Å². The van der Waals surface area contributed by atoms with Gasteiger partial charge in [0.25, 0.3) is 5.91 Å². The number of hydrazine groups is 1. The van der Waals surface area contributed by atoms with E-state index in [1.165, 1.54) is 12.5 Å². The molecular formula is C17H12ClN7O. The van der Waals surface area contributed by atoms with Crippen molar-refractivity contribution in [1.82, 2.24) is 30.2 Å². The first-order valence-electron chi connectivity index (χ1n) is 7.63. The maximum absolute atomic E-state index is 12.1. The number of aromatic nitrogens is 5. The molecule has 0 saturated carbocycles. The first-order chi connectivity index (χ1) is 12.7. The zero-order chi connectivity index (χ0) is 17.9. The van der Waals surface area contributed by atoms with Crippen LogP contribution in [-0.4, -0.2) is 30.6 Å². The molecule has 0 bridgehead atoms. The fraction of sp³-hybridized carbons (Fsp3) is 0. The number of benzene rings is 1. The van der Waals surface area contributed by atoms with Gasteiger partial charge >= 0.3 is 0 Å². The van der Waals surface area contributed by atoms with Crippen LogP contribution in [0.4, 0.5) is 5.82 Å². The average molecular weight is 366 g/mol. The van der Waals surface area contributed by atoms with Crippen molar-refractivity contribution >= 4 is 34.4 Å². The topological polar surface area (TPSA) is 97.6 Å². The Hall–Kier alpha value is -3.52. The van der Waals surface area contributed by atoms with E-state index < -0.39 is 0 Å². The lowest BCUT2D eigenvalue weighted by atomic mass is 10.3. The van der Waals surface area contributed by atoms with Gasteiger partial charge in [-0.25, -0.2) is 14.6 Å². The normalized spacial score (nSPS) is 10.7. The quantitative estimate of drug-likeness (QED) is 0.539. The highest BCUT2D eigenvalue weighted by atomic mass is 35.5. The lowest BCUT2D eigenvalue weighted by Gasteiger charge is -2.08. The molecule has 0 aliphatic rings. The summed E-state index contributed by atoms with van der Waals surface area (Å²) in [4.78, 5) is 24.5. The fourth-order valence-corrected chi connectivity index (χ4v) is 2.53. The van der Waals surface area contributed by atoms with Crippen LogP contribution in [0.1, 0.15) is 10.4 Å². The van der Waals surface area contributed by atoms with Gasteiger partial charge < -0.3 is 0 Å². The number of carbonyl (C=O) groups excluding carboxylic acids is 1. The van der Waals surface area contributed by atoms with Gasteiger partial charge in [0, 0.05) is 17.4 Å². The molecule has 8 nitrogen and oxygen atoms in total. The monoisotopic (exact) mass is 365 g/mol. The van der Waals surface area contributed by atoms with Crippen molar-refractivity contribution in [2.75, 3.05) is 5.43 Å². The molecule has 3 aromatic heterocycles. The van der Waals surface area contributed by atoms with Gasteiger partial charge in [-0.2, -0.15) is 5.10 Å². The van der Waals surface area contributed by atoms with E-state index in [9.17, 15) is 4.79 Å². The van der Waals surface area contributed by atoms with Crippen LogP contribution >= 0.6 is 11.6 Å². The lowest BCUT2D eigenvalue weighted by molar-refractivity contribution is 0.0962. The standard InChI is InChI=1S/C17H12ClN7O/c18-12-3-5-13(6-4-12)25-16-14(9-22-25)15(20-10-21-16)23-24-17(26)11-2-1-7-19-8-11/h1-10H,(H,24,26)(H,20,21,23). The summed E-state index contributed by atoms with van der Waals surface area (Å²) in [5.41, 5.74) is 7.24. The van der Waals surface area contributed by atoms with Gasteiger partial charge in [-0.15, -0.1) is 0 Å². The molecular weight excluding hydrogens is 354 g/mol. The van der Waals surface area contributed by atoms with Gasteiger partial charge in [0.1, 0.15) is 6.33 Å². The molecule has 0 unspecified atom stereocenters. The molecule has 2 N–H and O–H groups in total. The van der Waals surface area contributed by atoms with E-state index in [-0.39, 0.29) is 5.91 Å². The van der Waals surface area contributed by atoms with E-state index in [1.807, 2.05) is 12.1 Å². The molecule has 3 heterocycles. The largest absolute Gasteiger partial charge is 0.281 e. The van der Waals surface area contributed by atoms with Crippen LogP contribution in [0.15, 0.2) is 61.3 Å². The van der Waals surface area contributed by atoms with Gasteiger partial charge in [-0.3, -0.25) is 20.6 Å². The van der Waals surface area contributed by atoms with Gasteiger partial charge in [0.15, 0.2) is 11.5 Å². The van der Waals surface area contributed by atoms with Gasteiger partial charge in [0.2, 0.25) is 0 Å². The van der Waals surface area contributed by atoms with Crippen molar-refractivity contribution in [2.24, 2.45) is 0 Å². The van der Waals surface area contributed by atoms with E-state index in [0.29, 0.717) is 27.4 Å². The number of halogens is 1. The molecule has 0 radical (unpaired) electrons. The van der Waals surface area contributed by atoms with E-state index in [1.54, 1.807) is 41.3 Å². The predicted molar refractivity (Wildman–Crippen MR) is 97.0 cm³/mol. The second-order valence-corrected chi connectivity index (χ2v) is 5.75. The summed E-state index contributed by atoms with van der Waals surface area (Å²) in [6, 6.07) is 10.6. The van der Waals surface area contributed by atoms with Crippen LogP contribution in [0.25, 0.3) is 16.7 Å². The van der Waals surface area contributed by atoms with Crippen molar-refractivity contribution in [3.63, 3.8) is 0 Å². The van der Waals surface area contributed by atoms with Crippen molar-refractivity contribution in [2.45, 2.75) is 0 Å². The first kappa shape index (κ1) is 16.0. The van der Waals surface area contributed by atoms with Crippen molar-refractivity contribution < 1.29 is 4.79 Å². The summed E-state index contributed by atoms with van der Waals surface area (Å²) >= 11 is 5.93. The van der Waals surface area contributed by atoms with Crippen LogP contribution in [0.3, 0.4) is 0 Å². The Morgan fingerprint density at radius 2 is 1.92 bits per heavy atom. The third kappa shape index (κ3) is 3.05. The molecule has 0 spiro atoms.